The van der Waals surface area contributed by atoms with Crippen molar-refractivity contribution in [1.29, 1.82) is 0 Å². The summed E-state index contributed by atoms with van der Waals surface area (Å²) in [6, 6.07) is 21.1. The summed E-state index contributed by atoms with van der Waals surface area (Å²) < 4.78 is 0. The molecule has 2 heterocycles. The van der Waals surface area contributed by atoms with Gasteiger partial charge in [-0.2, -0.15) is 0 Å². The summed E-state index contributed by atoms with van der Waals surface area (Å²) in [5.41, 5.74) is 3.82. The number of benzene rings is 1. The Morgan fingerprint density at radius 1 is 0.808 bits per heavy atom. The van der Waals surface area contributed by atoms with E-state index in [9.17, 15) is 0 Å². The first kappa shape index (κ1) is 23.3. The van der Waals surface area contributed by atoms with E-state index in [4.69, 9.17) is 18.6 Å². The van der Waals surface area contributed by atoms with Gasteiger partial charge >= 0.3 is 0 Å². The van der Waals surface area contributed by atoms with Gasteiger partial charge in [0.1, 0.15) is 0 Å². The molecule has 1 radical (unpaired) electrons. The Kier molecular flexibility index (Phi) is 13.1. The minimum Gasteiger partial charge on any atom is -0.814 e. The van der Waals surface area contributed by atoms with Crippen LogP contribution < -0.4 is 0 Å². The second-order valence-electron chi connectivity index (χ2n) is 4.55. The average Bonchev–Trinajstić information content (AvgIpc) is 2.70. The zero-order valence-electron chi connectivity index (χ0n) is 14.4. The predicted molar refractivity (Wildman–Crippen MR) is 105 cm³/mol. The van der Waals surface area contributed by atoms with Crippen LogP contribution in [-0.2, 0) is 20.1 Å². The van der Waals surface area contributed by atoms with Gasteiger partial charge in [0.25, 0.3) is 0 Å². The molecule has 2 aromatic heterocycles. The summed E-state index contributed by atoms with van der Waals surface area (Å²) in [6.07, 6.45) is 7.13. The predicted octanol–water partition coefficient (Wildman–Crippen LogP) is 5.22. The molecule has 0 N–H and O–H groups in total. The van der Waals surface area contributed by atoms with Gasteiger partial charge < -0.3 is 30.7 Å². The Morgan fingerprint density at radius 3 is 1.54 bits per heavy atom. The smallest absolute Gasteiger partial charge is 0.0183 e. The maximum atomic E-state index is 7.44. The molecule has 0 aliphatic carbocycles. The molecule has 0 saturated carbocycles. The van der Waals surface area contributed by atoms with Gasteiger partial charge in [0.05, 0.1) is 0 Å². The van der Waals surface area contributed by atoms with E-state index in [1.54, 1.807) is 19.3 Å². The molecule has 4 heteroatoms. The molecule has 3 aromatic rings. The third-order valence-electron chi connectivity index (χ3n) is 2.79. The number of pyridine rings is 2. The van der Waals surface area contributed by atoms with E-state index in [1.807, 2.05) is 54.6 Å². The minimum atomic E-state index is 0. The largest absolute Gasteiger partial charge is 0.814 e. The van der Waals surface area contributed by atoms with Crippen molar-refractivity contribution in [3.05, 3.63) is 104 Å². The summed E-state index contributed by atoms with van der Waals surface area (Å²) >= 11 is 0. The molecule has 0 aliphatic rings. The zero-order chi connectivity index (χ0) is 18.3. The molecular weight excluding hydrogens is 498 g/mol. The molecule has 135 valence electrons. The summed E-state index contributed by atoms with van der Waals surface area (Å²) in [6.45, 7) is 11.0. The molecule has 3 nitrogen and oxygen atoms in total. The van der Waals surface area contributed by atoms with Crippen LogP contribution in [0.3, 0.4) is 0 Å². The fraction of sp³-hybridized carbons (Fsp3) is 0.0455. The van der Waals surface area contributed by atoms with Crippen LogP contribution >= 0.6 is 0 Å². The van der Waals surface area contributed by atoms with Gasteiger partial charge in [-0.3, -0.25) is 9.97 Å². The monoisotopic (exact) mass is 518 g/mol. The molecular formula is C22H19IrN3-4. The van der Waals surface area contributed by atoms with Gasteiger partial charge in [0, 0.05) is 43.9 Å². The first-order valence-electron chi connectivity index (χ1n) is 7.62. The summed E-state index contributed by atoms with van der Waals surface area (Å²) in [5.74, 6) is 0. The summed E-state index contributed by atoms with van der Waals surface area (Å²) in [5, 5.41) is 7.44. The molecule has 0 spiro atoms. The number of aromatic nitrogens is 2. The quantitative estimate of drug-likeness (QED) is 0.272. The van der Waals surface area contributed by atoms with Crippen molar-refractivity contribution in [2.24, 2.45) is 0 Å². The topological polar surface area (TPSA) is 48.1 Å². The fourth-order valence-corrected chi connectivity index (χ4v) is 1.81. The van der Waals surface area contributed by atoms with Crippen LogP contribution in [0.2, 0.25) is 0 Å². The first-order valence-corrected chi connectivity index (χ1v) is 7.62. The third kappa shape index (κ3) is 8.43. The van der Waals surface area contributed by atoms with Gasteiger partial charge in [-0.1, -0.05) is 42.3 Å². The standard InChI is InChI=1S/C16H11N2.C4H4.C2H4N.Ir/c1-3-10-17-15(8-1)13-6-5-7-14(12-13)16-9-2-4-11-18-16;1-3-4-2;1-2-3;/h1-11H;1-4H;2H,1H3;/q-1;-2;-1;. The Bertz CT molecular complexity index is 711. The molecule has 26 heavy (non-hydrogen) atoms. The van der Waals surface area contributed by atoms with Gasteiger partial charge in [-0.15, -0.1) is 24.3 Å². The van der Waals surface area contributed by atoms with Crippen LogP contribution in [0.25, 0.3) is 27.9 Å². The van der Waals surface area contributed by atoms with Crippen LogP contribution in [0, 0.1) is 19.2 Å². The van der Waals surface area contributed by atoms with E-state index in [-0.39, 0.29) is 20.1 Å². The van der Waals surface area contributed by atoms with Crippen molar-refractivity contribution in [1.82, 2.24) is 9.97 Å². The summed E-state index contributed by atoms with van der Waals surface area (Å²) in [4.78, 5) is 8.66. The van der Waals surface area contributed by atoms with Crippen molar-refractivity contribution in [3.8, 4) is 22.5 Å². The number of rotatable bonds is 3. The van der Waals surface area contributed by atoms with Gasteiger partial charge in [0.2, 0.25) is 0 Å². The van der Waals surface area contributed by atoms with Crippen molar-refractivity contribution >= 4 is 6.21 Å². The van der Waals surface area contributed by atoms with Crippen LogP contribution in [0.1, 0.15) is 6.92 Å². The Balaban J connectivity index is 0.000000681. The Hall–Kier alpha value is -2.68. The van der Waals surface area contributed by atoms with Gasteiger partial charge in [-0.05, 0) is 12.1 Å². The molecule has 0 aliphatic heterocycles. The minimum absolute atomic E-state index is 0. The SMILES string of the molecule is CC=[N-].[CH-]=CC=[CH-].[Ir].[c-]1c(-c2ccccn2)cccc1-c1ccccn1. The first-order chi connectivity index (χ1) is 12.3. The van der Waals surface area contributed by atoms with Crippen molar-refractivity contribution < 1.29 is 20.1 Å². The molecule has 0 amide bonds. The van der Waals surface area contributed by atoms with Crippen LogP contribution in [0.5, 0.6) is 0 Å². The normalized spacial score (nSPS) is 8.35. The fourth-order valence-electron chi connectivity index (χ4n) is 1.81. The number of nitrogens with zero attached hydrogens (tertiary/aromatic N) is 3. The zero-order valence-corrected chi connectivity index (χ0v) is 16.8. The summed E-state index contributed by atoms with van der Waals surface area (Å²) in [7, 11) is 0. The van der Waals surface area contributed by atoms with Gasteiger partial charge in [0.15, 0.2) is 0 Å². The van der Waals surface area contributed by atoms with Crippen molar-refractivity contribution in [2.75, 3.05) is 0 Å². The van der Waals surface area contributed by atoms with E-state index < -0.39 is 0 Å². The van der Waals surface area contributed by atoms with Crippen LogP contribution in [-0.4, -0.2) is 16.2 Å². The number of hydrogen-bond acceptors (Lipinski definition) is 2. The average molecular weight is 518 g/mol. The molecule has 0 saturated heterocycles. The second-order valence-corrected chi connectivity index (χ2v) is 4.55. The number of allylic oxidation sites excluding steroid dienone is 2. The molecule has 0 bridgehead atoms. The van der Waals surface area contributed by atoms with Crippen LogP contribution in [0.15, 0.2) is 79.1 Å². The molecule has 0 atom stereocenters. The molecule has 0 fully saturated rings. The molecule has 1 aromatic carbocycles. The Morgan fingerprint density at radius 2 is 1.23 bits per heavy atom. The second kappa shape index (κ2) is 14.6. The maximum absolute atomic E-state index is 7.44. The van der Waals surface area contributed by atoms with Crippen LogP contribution in [0.4, 0.5) is 0 Å². The van der Waals surface area contributed by atoms with E-state index in [1.165, 1.54) is 12.2 Å². The van der Waals surface area contributed by atoms with Crippen molar-refractivity contribution in [3.63, 3.8) is 0 Å². The van der Waals surface area contributed by atoms with Crippen molar-refractivity contribution in [2.45, 2.75) is 6.92 Å². The van der Waals surface area contributed by atoms with E-state index in [2.05, 4.69) is 16.0 Å². The van der Waals surface area contributed by atoms with Gasteiger partial charge in [-0.25, -0.2) is 6.21 Å². The molecule has 3 rings (SSSR count). The maximum Gasteiger partial charge on any atom is 0.0183 e. The Labute approximate surface area is 169 Å². The number of hydrogen-bond donors (Lipinski definition) is 0. The molecule has 0 unspecified atom stereocenters. The van der Waals surface area contributed by atoms with E-state index >= 15 is 0 Å². The third-order valence-corrected chi connectivity index (χ3v) is 2.79. The van der Waals surface area contributed by atoms with E-state index in [0.717, 1.165) is 28.7 Å². The van der Waals surface area contributed by atoms with E-state index in [0.29, 0.717) is 0 Å².